The Morgan fingerprint density at radius 3 is 2.33 bits per heavy atom. The first-order chi connectivity index (χ1) is 14.7. The smallest absolute Gasteiger partial charge is 0.199 e. The second-order valence-electron chi connectivity index (χ2n) is 7.36. The number of hydrogen-bond acceptors (Lipinski definition) is 5. The van der Waals surface area contributed by atoms with Gasteiger partial charge in [0, 0.05) is 38.3 Å². The van der Waals surface area contributed by atoms with E-state index in [1.54, 1.807) is 0 Å². The van der Waals surface area contributed by atoms with Gasteiger partial charge in [-0.25, -0.2) is 4.68 Å². The molecule has 3 aromatic rings. The number of hydrogen-bond donors (Lipinski definition) is 0. The zero-order chi connectivity index (χ0) is 20.9. The van der Waals surface area contributed by atoms with Crippen molar-refractivity contribution in [1.82, 2.24) is 19.2 Å². The molecule has 1 fully saturated rings. The van der Waals surface area contributed by atoms with Crippen LogP contribution >= 0.6 is 12.2 Å². The van der Waals surface area contributed by atoms with Gasteiger partial charge in [-0.1, -0.05) is 42.5 Å². The molecule has 0 unspecified atom stereocenters. The molecule has 1 aromatic heterocycles. The summed E-state index contributed by atoms with van der Waals surface area (Å²) in [6.07, 6.45) is 0. The highest BCUT2D eigenvalue weighted by Gasteiger charge is 2.21. The molecule has 1 aliphatic rings. The van der Waals surface area contributed by atoms with Gasteiger partial charge in [0.2, 0.25) is 0 Å². The van der Waals surface area contributed by atoms with Crippen molar-refractivity contribution in [3.05, 3.63) is 59.4 Å². The topological polar surface area (TPSA) is 38.5 Å². The molecule has 2 aromatic carbocycles. The Kier molecular flexibility index (Phi) is 6.50. The molecule has 1 saturated heterocycles. The van der Waals surface area contributed by atoms with Gasteiger partial charge in [-0.2, -0.15) is 5.10 Å². The molecule has 0 atom stereocenters. The van der Waals surface area contributed by atoms with Crippen LogP contribution in [0.1, 0.15) is 13.8 Å². The summed E-state index contributed by atoms with van der Waals surface area (Å²) >= 11 is 5.74. The Labute approximate surface area is 183 Å². The molecule has 2 heterocycles. The molecule has 0 spiro atoms. The summed E-state index contributed by atoms with van der Waals surface area (Å²) < 4.78 is 10.7. The highest BCUT2D eigenvalue weighted by molar-refractivity contribution is 7.71. The maximum Gasteiger partial charge on any atom is 0.199 e. The first-order valence-electron chi connectivity index (χ1n) is 10.6. The minimum Gasteiger partial charge on any atom is -0.492 e. The van der Waals surface area contributed by atoms with Crippen molar-refractivity contribution in [2.45, 2.75) is 27.1 Å². The number of rotatable bonds is 7. The van der Waals surface area contributed by atoms with E-state index in [0.717, 1.165) is 54.6 Å². The molecular weight excluding hydrogens is 394 g/mol. The van der Waals surface area contributed by atoms with Gasteiger partial charge < -0.3 is 14.2 Å². The molecule has 6 nitrogen and oxygen atoms in total. The Morgan fingerprint density at radius 1 is 0.933 bits per heavy atom. The molecule has 0 radical (unpaired) electrons. The number of benzene rings is 2. The SMILES string of the molecule is CCOc1ccccc1N1CCN(Cn2nc(-c3ccccc3)n(CC)c2=S)CC1. The molecule has 4 rings (SSSR count). The van der Waals surface area contributed by atoms with E-state index in [1.165, 1.54) is 5.69 Å². The van der Waals surface area contributed by atoms with Crippen molar-refractivity contribution in [2.24, 2.45) is 0 Å². The van der Waals surface area contributed by atoms with Crippen molar-refractivity contribution in [2.75, 3.05) is 37.7 Å². The van der Waals surface area contributed by atoms with Crippen LogP contribution in [0.5, 0.6) is 5.75 Å². The molecular formula is C23H29N5OS. The third-order valence-electron chi connectivity index (χ3n) is 5.48. The lowest BCUT2D eigenvalue weighted by atomic mass is 10.2. The van der Waals surface area contributed by atoms with E-state index in [0.29, 0.717) is 13.3 Å². The van der Waals surface area contributed by atoms with Gasteiger partial charge in [0.25, 0.3) is 0 Å². The number of nitrogens with zero attached hydrogens (tertiary/aromatic N) is 5. The standard InChI is InChI=1S/C23H29N5OS/c1-3-27-22(19-10-6-5-7-11-19)24-28(23(27)30)18-25-14-16-26(17-15-25)20-12-8-9-13-21(20)29-4-2/h5-13H,3-4,14-18H2,1-2H3. The van der Waals surface area contributed by atoms with Crippen molar-refractivity contribution < 1.29 is 4.74 Å². The Morgan fingerprint density at radius 2 is 1.63 bits per heavy atom. The first-order valence-corrected chi connectivity index (χ1v) is 11.0. The summed E-state index contributed by atoms with van der Waals surface area (Å²) in [6.45, 7) is 10.2. The van der Waals surface area contributed by atoms with Gasteiger partial charge in [0.15, 0.2) is 10.6 Å². The Balaban J connectivity index is 1.46. The van der Waals surface area contributed by atoms with Crippen molar-refractivity contribution in [3.63, 3.8) is 0 Å². The maximum atomic E-state index is 5.81. The summed E-state index contributed by atoms with van der Waals surface area (Å²) in [7, 11) is 0. The average molecular weight is 424 g/mol. The van der Waals surface area contributed by atoms with Gasteiger partial charge in [-0.3, -0.25) is 4.90 Å². The van der Waals surface area contributed by atoms with Gasteiger partial charge in [-0.05, 0) is 38.2 Å². The molecule has 0 N–H and O–H groups in total. The van der Waals surface area contributed by atoms with Crippen LogP contribution in [0.25, 0.3) is 11.4 Å². The lowest BCUT2D eigenvalue weighted by Crippen LogP contribution is -2.47. The lowest BCUT2D eigenvalue weighted by molar-refractivity contribution is 0.193. The minimum atomic E-state index is 0.680. The van der Waals surface area contributed by atoms with Crippen molar-refractivity contribution in [3.8, 4) is 17.1 Å². The maximum absolute atomic E-state index is 5.81. The van der Waals surface area contributed by atoms with E-state index in [2.05, 4.69) is 45.6 Å². The van der Waals surface area contributed by atoms with Gasteiger partial charge in [0.05, 0.1) is 19.0 Å². The third kappa shape index (κ3) is 4.27. The molecule has 7 heteroatoms. The van der Waals surface area contributed by atoms with Crippen LogP contribution in [-0.4, -0.2) is 52.0 Å². The van der Waals surface area contributed by atoms with E-state index >= 15 is 0 Å². The van der Waals surface area contributed by atoms with Crippen LogP contribution in [0.3, 0.4) is 0 Å². The Bertz CT molecular complexity index is 1020. The third-order valence-corrected chi connectivity index (χ3v) is 5.91. The van der Waals surface area contributed by atoms with Crippen LogP contribution in [0.15, 0.2) is 54.6 Å². The second-order valence-corrected chi connectivity index (χ2v) is 7.73. The van der Waals surface area contributed by atoms with Crippen molar-refractivity contribution in [1.29, 1.82) is 0 Å². The molecule has 0 bridgehead atoms. The first kappa shape index (κ1) is 20.6. The minimum absolute atomic E-state index is 0.680. The fourth-order valence-electron chi connectivity index (χ4n) is 3.93. The van der Waals surface area contributed by atoms with Gasteiger partial charge in [0.1, 0.15) is 5.75 Å². The van der Waals surface area contributed by atoms with Crippen LogP contribution in [0, 0.1) is 4.77 Å². The van der Waals surface area contributed by atoms with Crippen LogP contribution < -0.4 is 9.64 Å². The summed E-state index contributed by atoms with van der Waals surface area (Å²) in [5.74, 6) is 1.90. The molecule has 0 amide bonds. The van der Waals surface area contributed by atoms with E-state index in [9.17, 15) is 0 Å². The van der Waals surface area contributed by atoms with E-state index < -0.39 is 0 Å². The number of aromatic nitrogens is 3. The highest BCUT2D eigenvalue weighted by Crippen LogP contribution is 2.29. The van der Waals surface area contributed by atoms with Crippen LogP contribution in [0.2, 0.25) is 0 Å². The van der Waals surface area contributed by atoms with Crippen LogP contribution in [0.4, 0.5) is 5.69 Å². The van der Waals surface area contributed by atoms with Crippen LogP contribution in [-0.2, 0) is 13.2 Å². The summed E-state index contributed by atoms with van der Waals surface area (Å²) in [4.78, 5) is 4.82. The lowest BCUT2D eigenvalue weighted by Gasteiger charge is -2.36. The van der Waals surface area contributed by atoms with Crippen molar-refractivity contribution >= 4 is 17.9 Å². The van der Waals surface area contributed by atoms with E-state index in [1.807, 2.05) is 41.9 Å². The number of piperazine rings is 1. The average Bonchev–Trinajstić information content (AvgIpc) is 3.11. The predicted molar refractivity (Wildman–Crippen MR) is 124 cm³/mol. The van der Waals surface area contributed by atoms with Gasteiger partial charge in [-0.15, -0.1) is 0 Å². The molecule has 0 saturated carbocycles. The van der Waals surface area contributed by atoms with E-state index in [-0.39, 0.29) is 0 Å². The monoisotopic (exact) mass is 423 g/mol. The zero-order valence-corrected chi connectivity index (χ0v) is 18.5. The number of ether oxygens (including phenoxy) is 1. The zero-order valence-electron chi connectivity index (χ0n) is 17.7. The number of para-hydroxylation sites is 2. The molecule has 1 aliphatic heterocycles. The highest BCUT2D eigenvalue weighted by atomic mass is 32.1. The fraction of sp³-hybridized carbons (Fsp3) is 0.391. The number of anilines is 1. The molecule has 0 aliphatic carbocycles. The van der Waals surface area contributed by atoms with Gasteiger partial charge >= 0.3 is 0 Å². The molecule has 30 heavy (non-hydrogen) atoms. The summed E-state index contributed by atoms with van der Waals surface area (Å²) in [5, 5.41) is 4.86. The normalized spacial score (nSPS) is 14.8. The Hall–Kier alpha value is -2.64. The predicted octanol–water partition coefficient (Wildman–Crippen LogP) is 4.28. The quantitative estimate of drug-likeness (QED) is 0.531. The summed E-state index contributed by atoms with van der Waals surface area (Å²) in [5.41, 5.74) is 2.28. The second kappa shape index (κ2) is 9.45. The van der Waals surface area contributed by atoms with E-state index in [4.69, 9.17) is 22.1 Å². The summed E-state index contributed by atoms with van der Waals surface area (Å²) in [6, 6.07) is 18.6. The largest absolute Gasteiger partial charge is 0.492 e. The fourth-order valence-corrected chi connectivity index (χ4v) is 4.25. The molecule has 158 valence electrons.